The van der Waals surface area contributed by atoms with Gasteiger partial charge in [0.15, 0.2) is 0 Å². The van der Waals surface area contributed by atoms with Crippen molar-refractivity contribution in [3.63, 3.8) is 0 Å². The Bertz CT molecular complexity index is 608. The number of nitrogens with two attached hydrogens (primary N) is 1. The van der Waals surface area contributed by atoms with Crippen LogP contribution in [0, 0.1) is 5.82 Å². The molecule has 3 heteroatoms. The molecule has 0 heterocycles. The molecule has 21 heavy (non-hydrogen) atoms. The standard InChI is InChI=1S/C18H23FN2/c1-13(10-11-20)14-8-9-17(19)16(12-14)15-6-4-5-7-18(15)21(2)3/h4-9,12-13H,10-11,20H2,1-3H3. The molecular formula is C18H23FN2. The molecule has 1 unspecified atom stereocenters. The summed E-state index contributed by atoms with van der Waals surface area (Å²) in [5.74, 6) is 0.147. The van der Waals surface area contributed by atoms with Gasteiger partial charge in [-0.1, -0.05) is 31.2 Å². The van der Waals surface area contributed by atoms with Gasteiger partial charge in [0.1, 0.15) is 5.82 Å². The highest BCUT2D eigenvalue weighted by molar-refractivity contribution is 5.79. The van der Waals surface area contributed by atoms with E-state index in [4.69, 9.17) is 5.73 Å². The Balaban J connectivity index is 2.51. The smallest absolute Gasteiger partial charge is 0.131 e. The summed E-state index contributed by atoms with van der Waals surface area (Å²) in [4.78, 5) is 2.00. The molecular weight excluding hydrogens is 263 g/mol. The molecule has 1 atom stereocenters. The third-order valence-electron chi connectivity index (χ3n) is 3.84. The van der Waals surface area contributed by atoms with Crippen LogP contribution in [0.2, 0.25) is 0 Å². The van der Waals surface area contributed by atoms with E-state index in [9.17, 15) is 4.39 Å². The number of benzene rings is 2. The Morgan fingerprint density at radius 1 is 1.10 bits per heavy atom. The number of anilines is 1. The Morgan fingerprint density at radius 3 is 2.48 bits per heavy atom. The lowest BCUT2D eigenvalue weighted by molar-refractivity contribution is 0.627. The normalized spacial score (nSPS) is 12.2. The van der Waals surface area contributed by atoms with Gasteiger partial charge in [-0.2, -0.15) is 0 Å². The van der Waals surface area contributed by atoms with Crippen LogP contribution in [-0.2, 0) is 0 Å². The minimum atomic E-state index is -0.187. The Kier molecular flexibility index (Phi) is 4.97. The van der Waals surface area contributed by atoms with Crippen LogP contribution >= 0.6 is 0 Å². The van der Waals surface area contributed by atoms with Gasteiger partial charge in [0, 0.05) is 30.9 Å². The monoisotopic (exact) mass is 286 g/mol. The van der Waals surface area contributed by atoms with Crippen molar-refractivity contribution in [3.05, 3.63) is 53.8 Å². The van der Waals surface area contributed by atoms with Crippen LogP contribution in [0.25, 0.3) is 11.1 Å². The van der Waals surface area contributed by atoms with Crippen molar-refractivity contribution in [1.82, 2.24) is 0 Å². The van der Waals surface area contributed by atoms with E-state index >= 15 is 0 Å². The van der Waals surface area contributed by atoms with Gasteiger partial charge in [-0.15, -0.1) is 0 Å². The molecule has 0 radical (unpaired) electrons. The van der Waals surface area contributed by atoms with Crippen LogP contribution in [0.15, 0.2) is 42.5 Å². The number of rotatable bonds is 5. The van der Waals surface area contributed by atoms with Crippen molar-refractivity contribution in [1.29, 1.82) is 0 Å². The van der Waals surface area contributed by atoms with Crippen molar-refractivity contribution in [2.45, 2.75) is 19.3 Å². The maximum Gasteiger partial charge on any atom is 0.131 e. The zero-order valence-electron chi connectivity index (χ0n) is 12.9. The second kappa shape index (κ2) is 6.72. The number of nitrogens with zero attached hydrogens (tertiary/aromatic N) is 1. The molecule has 0 spiro atoms. The zero-order chi connectivity index (χ0) is 15.4. The Labute approximate surface area is 126 Å². The molecule has 2 aromatic carbocycles. The predicted octanol–water partition coefficient (Wildman–Crippen LogP) is 4.01. The van der Waals surface area contributed by atoms with Crippen molar-refractivity contribution in [2.24, 2.45) is 5.73 Å². The highest BCUT2D eigenvalue weighted by atomic mass is 19.1. The van der Waals surface area contributed by atoms with Gasteiger partial charge in [-0.25, -0.2) is 4.39 Å². The largest absolute Gasteiger partial charge is 0.377 e. The number of hydrogen-bond acceptors (Lipinski definition) is 2. The minimum Gasteiger partial charge on any atom is -0.377 e. The van der Waals surface area contributed by atoms with E-state index < -0.39 is 0 Å². The molecule has 0 aromatic heterocycles. The molecule has 0 saturated carbocycles. The Hall–Kier alpha value is -1.87. The fourth-order valence-corrected chi connectivity index (χ4v) is 2.56. The van der Waals surface area contributed by atoms with Crippen molar-refractivity contribution in [3.8, 4) is 11.1 Å². The number of para-hydroxylation sites is 1. The van der Waals surface area contributed by atoms with Gasteiger partial charge in [0.05, 0.1) is 0 Å². The van der Waals surface area contributed by atoms with Crippen LogP contribution in [-0.4, -0.2) is 20.6 Å². The fraction of sp³-hybridized carbons (Fsp3) is 0.333. The summed E-state index contributed by atoms with van der Waals surface area (Å²) in [6.45, 7) is 2.77. The first-order valence-corrected chi connectivity index (χ1v) is 7.30. The lowest BCUT2D eigenvalue weighted by Crippen LogP contribution is -2.10. The SMILES string of the molecule is CC(CCN)c1ccc(F)c(-c2ccccc2N(C)C)c1. The highest BCUT2D eigenvalue weighted by Crippen LogP contribution is 2.33. The van der Waals surface area contributed by atoms with Crippen molar-refractivity contribution < 1.29 is 4.39 Å². The zero-order valence-corrected chi connectivity index (χ0v) is 12.9. The minimum absolute atomic E-state index is 0.187. The van der Waals surface area contributed by atoms with Gasteiger partial charge in [-0.05, 0) is 42.6 Å². The van der Waals surface area contributed by atoms with E-state index in [0.29, 0.717) is 18.0 Å². The molecule has 2 nitrogen and oxygen atoms in total. The molecule has 0 bridgehead atoms. The van der Waals surface area contributed by atoms with E-state index in [-0.39, 0.29) is 5.82 Å². The van der Waals surface area contributed by atoms with E-state index in [2.05, 4.69) is 6.92 Å². The molecule has 0 amide bonds. The van der Waals surface area contributed by atoms with Gasteiger partial charge in [0.25, 0.3) is 0 Å². The van der Waals surface area contributed by atoms with Crippen LogP contribution in [0.5, 0.6) is 0 Å². The maximum atomic E-state index is 14.3. The highest BCUT2D eigenvalue weighted by Gasteiger charge is 2.13. The third kappa shape index (κ3) is 3.42. The third-order valence-corrected chi connectivity index (χ3v) is 3.84. The summed E-state index contributed by atoms with van der Waals surface area (Å²) >= 11 is 0. The summed E-state index contributed by atoms with van der Waals surface area (Å²) in [7, 11) is 3.94. The maximum absolute atomic E-state index is 14.3. The predicted molar refractivity (Wildman–Crippen MR) is 88.2 cm³/mol. The molecule has 112 valence electrons. The van der Waals surface area contributed by atoms with Crippen LogP contribution in [0.4, 0.5) is 10.1 Å². The molecule has 2 N–H and O–H groups in total. The molecule has 0 aliphatic heterocycles. The quantitative estimate of drug-likeness (QED) is 0.899. The van der Waals surface area contributed by atoms with Crippen molar-refractivity contribution in [2.75, 3.05) is 25.5 Å². The summed E-state index contributed by atoms with van der Waals surface area (Å²) in [5, 5.41) is 0. The first-order valence-electron chi connectivity index (χ1n) is 7.30. The van der Waals surface area contributed by atoms with E-state index in [1.165, 1.54) is 0 Å². The van der Waals surface area contributed by atoms with Crippen LogP contribution in [0.3, 0.4) is 0 Å². The van der Waals surface area contributed by atoms with E-state index in [1.807, 2.05) is 55.4 Å². The van der Waals surface area contributed by atoms with Gasteiger partial charge >= 0.3 is 0 Å². The summed E-state index contributed by atoms with van der Waals surface area (Å²) in [5.41, 5.74) is 9.34. The lowest BCUT2D eigenvalue weighted by Gasteiger charge is -2.19. The van der Waals surface area contributed by atoms with Gasteiger partial charge in [0.2, 0.25) is 0 Å². The van der Waals surface area contributed by atoms with Gasteiger partial charge < -0.3 is 10.6 Å². The molecule has 2 rings (SSSR count). The second-order valence-electron chi connectivity index (χ2n) is 5.63. The fourth-order valence-electron chi connectivity index (χ4n) is 2.56. The first kappa shape index (κ1) is 15.5. The van der Waals surface area contributed by atoms with Crippen molar-refractivity contribution >= 4 is 5.69 Å². The summed E-state index contributed by atoms with van der Waals surface area (Å²) in [6.07, 6.45) is 0.903. The number of hydrogen-bond donors (Lipinski definition) is 1. The average molecular weight is 286 g/mol. The average Bonchev–Trinajstić information content (AvgIpc) is 2.48. The summed E-state index contributed by atoms with van der Waals surface area (Å²) < 4.78 is 14.3. The topological polar surface area (TPSA) is 29.3 Å². The summed E-state index contributed by atoms with van der Waals surface area (Å²) in [6, 6.07) is 13.3. The Morgan fingerprint density at radius 2 is 1.81 bits per heavy atom. The second-order valence-corrected chi connectivity index (χ2v) is 5.63. The van der Waals surface area contributed by atoms with Gasteiger partial charge in [-0.3, -0.25) is 0 Å². The first-order chi connectivity index (χ1) is 10.0. The molecule has 0 fully saturated rings. The molecule has 2 aromatic rings. The van der Waals surface area contributed by atoms with E-state index in [0.717, 1.165) is 23.2 Å². The number of halogens is 1. The lowest BCUT2D eigenvalue weighted by atomic mass is 9.93. The molecule has 0 saturated heterocycles. The van der Waals surface area contributed by atoms with Crippen LogP contribution in [0.1, 0.15) is 24.8 Å². The van der Waals surface area contributed by atoms with Crippen LogP contribution < -0.4 is 10.6 Å². The van der Waals surface area contributed by atoms with E-state index in [1.54, 1.807) is 6.07 Å². The molecule has 0 aliphatic carbocycles. The molecule has 0 aliphatic rings.